The number of nitrogens with two attached hydrogens (primary N) is 1. The van der Waals surface area contributed by atoms with Crippen LogP contribution in [0.2, 0.25) is 0 Å². The lowest BCUT2D eigenvalue weighted by molar-refractivity contribution is -0.144. The third-order valence-electron chi connectivity index (χ3n) is 4.33. The topological polar surface area (TPSA) is 81.4 Å². The molecule has 1 amide bonds. The highest BCUT2D eigenvalue weighted by Crippen LogP contribution is 2.26. The Morgan fingerprint density at radius 3 is 2.44 bits per heavy atom. The molecule has 0 saturated heterocycles. The summed E-state index contributed by atoms with van der Waals surface area (Å²) < 4.78 is 4.83. The summed E-state index contributed by atoms with van der Waals surface area (Å²) in [7, 11) is 1.32. The van der Waals surface area contributed by atoms with Crippen LogP contribution in [0.15, 0.2) is 48.5 Å². The number of hydrogen-bond acceptors (Lipinski definition) is 4. The van der Waals surface area contributed by atoms with Crippen LogP contribution in [0, 0.1) is 5.92 Å². The number of anilines is 1. The molecule has 0 aromatic heterocycles. The van der Waals surface area contributed by atoms with E-state index in [4.69, 9.17) is 10.5 Å². The number of methoxy groups -OCH3 is 1. The molecule has 0 fully saturated rings. The number of carbonyl (C=O) groups excluding carboxylic acids is 2. The number of hydrogen-bond donors (Lipinski definition) is 2. The van der Waals surface area contributed by atoms with Crippen molar-refractivity contribution in [1.82, 2.24) is 5.32 Å². The van der Waals surface area contributed by atoms with Gasteiger partial charge in [-0.3, -0.25) is 4.79 Å². The first-order valence-corrected chi connectivity index (χ1v) is 8.31. The normalized spacial score (nSPS) is 12.9. The first kappa shape index (κ1) is 18.5. The zero-order valence-electron chi connectivity index (χ0n) is 14.8. The molecule has 132 valence electrons. The summed E-state index contributed by atoms with van der Waals surface area (Å²) in [6.07, 6.45) is 0.743. The van der Waals surface area contributed by atoms with Crippen LogP contribution in [0.4, 0.5) is 5.69 Å². The van der Waals surface area contributed by atoms with E-state index >= 15 is 0 Å². The molecule has 2 rings (SSSR count). The number of nitrogens with one attached hydrogen (secondary N) is 1. The van der Waals surface area contributed by atoms with E-state index in [9.17, 15) is 9.59 Å². The van der Waals surface area contributed by atoms with Gasteiger partial charge in [-0.15, -0.1) is 0 Å². The molecule has 0 aliphatic rings. The first-order valence-electron chi connectivity index (χ1n) is 8.31. The number of ether oxygens (including phenoxy) is 1. The van der Waals surface area contributed by atoms with E-state index in [2.05, 4.69) is 5.32 Å². The summed E-state index contributed by atoms with van der Waals surface area (Å²) >= 11 is 0. The van der Waals surface area contributed by atoms with Gasteiger partial charge in [0.2, 0.25) is 0 Å². The van der Waals surface area contributed by atoms with Gasteiger partial charge in [0, 0.05) is 11.3 Å². The van der Waals surface area contributed by atoms with Crippen LogP contribution in [0.3, 0.4) is 0 Å². The predicted octanol–water partition coefficient (Wildman–Crippen LogP) is 3.25. The van der Waals surface area contributed by atoms with Crippen molar-refractivity contribution < 1.29 is 14.3 Å². The maximum Gasteiger partial charge on any atom is 0.328 e. The SMILES string of the molecule is CCC(C)[C@H](NC(=O)c1ccc(N)cc1-c1ccccc1)C(=O)OC. The Morgan fingerprint density at radius 2 is 1.84 bits per heavy atom. The minimum absolute atomic E-state index is 0.0367. The first-order chi connectivity index (χ1) is 12.0. The molecule has 5 heteroatoms. The van der Waals surface area contributed by atoms with Crippen LogP contribution in [0.25, 0.3) is 11.1 Å². The second-order valence-electron chi connectivity index (χ2n) is 6.03. The highest BCUT2D eigenvalue weighted by molar-refractivity contribution is 6.03. The predicted molar refractivity (Wildman–Crippen MR) is 99.0 cm³/mol. The molecule has 0 bridgehead atoms. The van der Waals surface area contributed by atoms with Crippen molar-refractivity contribution in [2.24, 2.45) is 5.92 Å². The average molecular weight is 340 g/mol. The number of amides is 1. The van der Waals surface area contributed by atoms with Gasteiger partial charge >= 0.3 is 5.97 Å². The van der Waals surface area contributed by atoms with Crippen molar-refractivity contribution in [3.05, 3.63) is 54.1 Å². The molecule has 5 nitrogen and oxygen atoms in total. The second kappa shape index (κ2) is 8.33. The fourth-order valence-corrected chi connectivity index (χ4v) is 2.63. The smallest absolute Gasteiger partial charge is 0.328 e. The highest BCUT2D eigenvalue weighted by Gasteiger charge is 2.27. The lowest BCUT2D eigenvalue weighted by Gasteiger charge is -2.22. The molecular weight excluding hydrogens is 316 g/mol. The van der Waals surface area contributed by atoms with Gasteiger partial charge in [-0.2, -0.15) is 0 Å². The fraction of sp³-hybridized carbons (Fsp3) is 0.300. The van der Waals surface area contributed by atoms with E-state index < -0.39 is 12.0 Å². The molecule has 3 N–H and O–H groups in total. The van der Waals surface area contributed by atoms with E-state index in [1.807, 2.05) is 44.2 Å². The zero-order valence-corrected chi connectivity index (χ0v) is 14.8. The molecule has 0 saturated carbocycles. The van der Waals surface area contributed by atoms with E-state index in [-0.39, 0.29) is 11.8 Å². The zero-order chi connectivity index (χ0) is 18.4. The van der Waals surface area contributed by atoms with E-state index in [1.165, 1.54) is 7.11 Å². The second-order valence-corrected chi connectivity index (χ2v) is 6.03. The van der Waals surface area contributed by atoms with Gasteiger partial charge in [0.15, 0.2) is 0 Å². The summed E-state index contributed by atoms with van der Waals surface area (Å²) in [4.78, 5) is 24.9. The van der Waals surface area contributed by atoms with Gasteiger partial charge in [0.05, 0.1) is 7.11 Å². The van der Waals surface area contributed by atoms with Gasteiger partial charge in [-0.1, -0.05) is 50.6 Å². The van der Waals surface area contributed by atoms with E-state index in [0.29, 0.717) is 11.3 Å². The Hall–Kier alpha value is -2.82. The van der Waals surface area contributed by atoms with Crippen molar-refractivity contribution in [3.8, 4) is 11.1 Å². The van der Waals surface area contributed by atoms with Crippen molar-refractivity contribution in [3.63, 3.8) is 0 Å². The average Bonchev–Trinajstić information content (AvgIpc) is 2.65. The Morgan fingerprint density at radius 1 is 1.16 bits per heavy atom. The number of nitrogen functional groups attached to an aromatic ring is 1. The fourth-order valence-electron chi connectivity index (χ4n) is 2.63. The molecule has 2 aromatic rings. The van der Waals surface area contributed by atoms with Gasteiger partial charge in [-0.05, 0) is 35.2 Å². The molecule has 1 unspecified atom stereocenters. The maximum absolute atomic E-state index is 12.8. The Labute approximate surface area is 148 Å². The van der Waals surface area contributed by atoms with Gasteiger partial charge in [0.25, 0.3) is 5.91 Å². The standard InChI is InChI=1S/C20H24N2O3/c1-4-13(2)18(20(24)25-3)22-19(23)16-11-10-15(21)12-17(16)14-8-6-5-7-9-14/h5-13,18H,4,21H2,1-3H3,(H,22,23)/t13?,18-/m0/s1. The Bertz CT molecular complexity index is 744. The van der Waals surface area contributed by atoms with Crippen molar-refractivity contribution in [2.45, 2.75) is 26.3 Å². The monoisotopic (exact) mass is 340 g/mol. The Balaban J connectivity index is 2.37. The third-order valence-corrected chi connectivity index (χ3v) is 4.33. The van der Waals surface area contributed by atoms with Gasteiger partial charge in [0.1, 0.15) is 6.04 Å². The molecule has 2 atom stereocenters. The number of benzene rings is 2. The molecule has 0 radical (unpaired) electrons. The number of rotatable bonds is 6. The van der Waals surface area contributed by atoms with Crippen LogP contribution in [0.5, 0.6) is 0 Å². The van der Waals surface area contributed by atoms with Crippen LogP contribution in [0.1, 0.15) is 30.6 Å². The van der Waals surface area contributed by atoms with Crippen molar-refractivity contribution in [2.75, 3.05) is 12.8 Å². The Kier molecular flexibility index (Phi) is 6.17. The molecule has 0 aliphatic carbocycles. The lowest BCUT2D eigenvalue weighted by atomic mass is 9.96. The molecule has 0 heterocycles. The lowest BCUT2D eigenvalue weighted by Crippen LogP contribution is -2.45. The minimum atomic E-state index is -0.691. The number of esters is 1. The van der Waals surface area contributed by atoms with Crippen LogP contribution >= 0.6 is 0 Å². The van der Waals surface area contributed by atoms with E-state index in [1.54, 1.807) is 18.2 Å². The van der Waals surface area contributed by atoms with Crippen LogP contribution in [-0.4, -0.2) is 25.0 Å². The van der Waals surface area contributed by atoms with Crippen molar-refractivity contribution in [1.29, 1.82) is 0 Å². The maximum atomic E-state index is 12.8. The van der Waals surface area contributed by atoms with Gasteiger partial charge in [-0.25, -0.2) is 4.79 Å². The van der Waals surface area contributed by atoms with Gasteiger partial charge < -0.3 is 15.8 Å². The summed E-state index contributed by atoms with van der Waals surface area (Å²) in [5, 5.41) is 2.81. The molecule has 2 aromatic carbocycles. The quantitative estimate of drug-likeness (QED) is 0.625. The van der Waals surface area contributed by atoms with Crippen LogP contribution < -0.4 is 11.1 Å². The molecule has 25 heavy (non-hydrogen) atoms. The van der Waals surface area contributed by atoms with Crippen LogP contribution in [-0.2, 0) is 9.53 Å². The summed E-state index contributed by atoms with van der Waals surface area (Å²) in [6.45, 7) is 3.87. The molecule has 0 spiro atoms. The van der Waals surface area contributed by atoms with E-state index in [0.717, 1.165) is 17.5 Å². The third kappa shape index (κ3) is 4.38. The highest BCUT2D eigenvalue weighted by atomic mass is 16.5. The number of carbonyl (C=O) groups is 2. The minimum Gasteiger partial charge on any atom is -0.467 e. The molecular formula is C20H24N2O3. The summed E-state index contributed by atoms with van der Waals surface area (Å²) in [5.74, 6) is -0.806. The molecule has 0 aliphatic heterocycles. The van der Waals surface area contributed by atoms with Crippen molar-refractivity contribution >= 4 is 17.6 Å². The summed E-state index contributed by atoms with van der Waals surface area (Å²) in [5.41, 5.74) is 8.56. The largest absolute Gasteiger partial charge is 0.467 e. The summed E-state index contributed by atoms with van der Waals surface area (Å²) in [6, 6.07) is 14.0.